The number of ether oxygens (including phenoxy) is 1. The third-order valence-corrected chi connectivity index (χ3v) is 5.40. The molecule has 1 aliphatic rings. The molecule has 122 valence electrons. The van der Waals surface area contributed by atoms with Crippen molar-refractivity contribution in [1.82, 2.24) is 9.88 Å². The van der Waals surface area contributed by atoms with Gasteiger partial charge in [0.2, 0.25) is 0 Å². The maximum absolute atomic E-state index is 12.8. The molecule has 1 amide bonds. The molecule has 0 radical (unpaired) electrons. The third-order valence-electron chi connectivity index (χ3n) is 4.27. The summed E-state index contributed by atoms with van der Waals surface area (Å²) in [6.45, 7) is 5.51. The van der Waals surface area contributed by atoms with Crippen molar-refractivity contribution >= 4 is 17.2 Å². The summed E-state index contributed by atoms with van der Waals surface area (Å²) in [6, 6.07) is 7.88. The van der Waals surface area contributed by atoms with E-state index >= 15 is 0 Å². The van der Waals surface area contributed by atoms with Crippen LogP contribution < -0.4 is 0 Å². The van der Waals surface area contributed by atoms with Crippen molar-refractivity contribution in [3.8, 4) is 10.4 Å². The van der Waals surface area contributed by atoms with Crippen LogP contribution in [0.2, 0.25) is 0 Å². The molecule has 1 aromatic carbocycles. The fourth-order valence-corrected chi connectivity index (χ4v) is 4.01. The van der Waals surface area contributed by atoms with Gasteiger partial charge in [-0.25, -0.2) is 4.98 Å². The van der Waals surface area contributed by atoms with Crippen molar-refractivity contribution in [3.63, 3.8) is 0 Å². The van der Waals surface area contributed by atoms with Crippen LogP contribution in [0.25, 0.3) is 10.4 Å². The van der Waals surface area contributed by atoms with Gasteiger partial charge in [0.15, 0.2) is 0 Å². The van der Waals surface area contributed by atoms with Crippen molar-refractivity contribution in [2.45, 2.75) is 32.8 Å². The number of likely N-dealkylation sites (tertiary alicyclic amines) is 1. The first-order valence-corrected chi connectivity index (χ1v) is 8.76. The summed E-state index contributed by atoms with van der Waals surface area (Å²) in [4.78, 5) is 20.3. The Morgan fingerprint density at radius 2 is 2.22 bits per heavy atom. The molecule has 0 saturated carbocycles. The molecule has 0 spiro atoms. The van der Waals surface area contributed by atoms with Gasteiger partial charge in [-0.3, -0.25) is 4.79 Å². The van der Waals surface area contributed by atoms with Crippen LogP contribution in [0.4, 0.5) is 0 Å². The number of hydrogen-bond acceptors (Lipinski definition) is 4. The molecule has 0 bridgehead atoms. The predicted molar refractivity (Wildman–Crippen MR) is 93.0 cm³/mol. The molecule has 23 heavy (non-hydrogen) atoms. The normalized spacial score (nSPS) is 18.2. The van der Waals surface area contributed by atoms with E-state index < -0.39 is 0 Å². The second-order valence-corrected chi connectivity index (χ2v) is 7.18. The van der Waals surface area contributed by atoms with Gasteiger partial charge in [-0.15, -0.1) is 11.3 Å². The van der Waals surface area contributed by atoms with Crippen molar-refractivity contribution in [2.75, 3.05) is 20.2 Å². The Labute approximate surface area is 141 Å². The number of thiazole rings is 1. The van der Waals surface area contributed by atoms with E-state index in [2.05, 4.69) is 4.98 Å². The summed E-state index contributed by atoms with van der Waals surface area (Å²) in [6.07, 6.45) is 2.18. The fraction of sp³-hybridized carbons (Fsp3) is 0.444. The first-order chi connectivity index (χ1) is 11.1. The molecular formula is C18H22N2O2S. The average molecular weight is 330 g/mol. The molecule has 4 nitrogen and oxygen atoms in total. The lowest BCUT2D eigenvalue weighted by Crippen LogP contribution is -2.42. The SMILES string of the molecule is CO[C@H]1CCCN(C(=O)c2cccc(-c3sc(C)nc3C)c2)C1. The van der Waals surface area contributed by atoms with E-state index in [9.17, 15) is 4.79 Å². The van der Waals surface area contributed by atoms with E-state index in [-0.39, 0.29) is 12.0 Å². The van der Waals surface area contributed by atoms with Crippen molar-refractivity contribution in [3.05, 3.63) is 40.5 Å². The minimum Gasteiger partial charge on any atom is -0.380 e. The second-order valence-electron chi connectivity index (χ2n) is 5.98. The summed E-state index contributed by atoms with van der Waals surface area (Å²) >= 11 is 1.67. The van der Waals surface area contributed by atoms with Gasteiger partial charge in [0.25, 0.3) is 5.91 Å². The van der Waals surface area contributed by atoms with Gasteiger partial charge >= 0.3 is 0 Å². The van der Waals surface area contributed by atoms with E-state index in [4.69, 9.17) is 4.74 Å². The van der Waals surface area contributed by atoms with Crippen LogP contribution in [0.15, 0.2) is 24.3 Å². The number of rotatable bonds is 3. The minimum atomic E-state index is 0.0903. The molecule has 1 aliphatic heterocycles. The Morgan fingerprint density at radius 3 is 2.91 bits per heavy atom. The molecule has 1 fully saturated rings. The van der Waals surface area contributed by atoms with Crippen LogP contribution in [-0.2, 0) is 4.74 Å². The molecule has 0 unspecified atom stereocenters. The molecule has 1 atom stereocenters. The zero-order chi connectivity index (χ0) is 16.4. The summed E-state index contributed by atoms with van der Waals surface area (Å²) in [5.41, 5.74) is 2.83. The molecule has 2 aromatic rings. The molecule has 1 saturated heterocycles. The highest BCUT2D eigenvalue weighted by atomic mass is 32.1. The smallest absolute Gasteiger partial charge is 0.253 e. The van der Waals surface area contributed by atoms with Crippen molar-refractivity contribution < 1.29 is 9.53 Å². The highest BCUT2D eigenvalue weighted by Crippen LogP contribution is 2.30. The van der Waals surface area contributed by atoms with Crippen LogP contribution in [0.1, 0.15) is 33.9 Å². The van der Waals surface area contributed by atoms with Gasteiger partial charge in [0.1, 0.15) is 0 Å². The Kier molecular flexibility index (Phi) is 4.78. The number of amides is 1. The van der Waals surface area contributed by atoms with Crippen molar-refractivity contribution in [1.29, 1.82) is 0 Å². The number of hydrogen-bond donors (Lipinski definition) is 0. The fourth-order valence-electron chi connectivity index (χ4n) is 3.09. The van der Waals surface area contributed by atoms with Gasteiger partial charge in [-0.05, 0) is 44.4 Å². The molecular weight excluding hydrogens is 308 g/mol. The van der Waals surface area contributed by atoms with Gasteiger partial charge in [0, 0.05) is 25.8 Å². The number of aryl methyl sites for hydroxylation is 2. The van der Waals surface area contributed by atoms with E-state index in [0.29, 0.717) is 6.54 Å². The average Bonchev–Trinajstić information content (AvgIpc) is 2.92. The Balaban J connectivity index is 1.84. The number of methoxy groups -OCH3 is 1. The van der Waals surface area contributed by atoms with Gasteiger partial charge in [-0.2, -0.15) is 0 Å². The van der Waals surface area contributed by atoms with Crippen LogP contribution in [0.5, 0.6) is 0 Å². The summed E-state index contributed by atoms with van der Waals surface area (Å²) in [5, 5.41) is 1.05. The van der Waals surface area contributed by atoms with E-state index in [1.807, 2.05) is 43.0 Å². The summed E-state index contributed by atoms with van der Waals surface area (Å²) in [5.74, 6) is 0.0903. The number of nitrogens with zero attached hydrogens (tertiary/aromatic N) is 2. The number of benzene rings is 1. The van der Waals surface area contributed by atoms with Crippen LogP contribution in [0.3, 0.4) is 0 Å². The summed E-state index contributed by atoms with van der Waals surface area (Å²) in [7, 11) is 1.72. The highest BCUT2D eigenvalue weighted by Gasteiger charge is 2.24. The Bertz CT molecular complexity index is 711. The van der Waals surface area contributed by atoms with Crippen LogP contribution in [-0.4, -0.2) is 42.1 Å². The highest BCUT2D eigenvalue weighted by molar-refractivity contribution is 7.15. The first-order valence-electron chi connectivity index (χ1n) is 7.95. The summed E-state index contributed by atoms with van der Waals surface area (Å²) < 4.78 is 5.42. The lowest BCUT2D eigenvalue weighted by Gasteiger charge is -2.32. The maximum atomic E-state index is 12.8. The first kappa shape index (κ1) is 16.1. The van der Waals surface area contributed by atoms with Crippen molar-refractivity contribution in [2.24, 2.45) is 0 Å². The molecule has 0 N–H and O–H groups in total. The van der Waals surface area contributed by atoms with Crippen LogP contribution >= 0.6 is 11.3 Å². The zero-order valence-electron chi connectivity index (χ0n) is 13.8. The van der Waals surface area contributed by atoms with Gasteiger partial charge in [-0.1, -0.05) is 12.1 Å². The minimum absolute atomic E-state index is 0.0903. The zero-order valence-corrected chi connectivity index (χ0v) is 14.7. The monoisotopic (exact) mass is 330 g/mol. The lowest BCUT2D eigenvalue weighted by molar-refractivity contribution is 0.0269. The largest absolute Gasteiger partial charge is 0.380 e. The number of carbonyl (C=O) groups excluding carboxylic acids is 1. The quantitative estimate of drug-likeness (QED) is 0.862. The predicted octanol–water partition coefficient (Wildman–Crippen LogP) is 3.68. The third kappa shape index (κ3) is 3.46. The lowest BCUT2D eigenvalue weighted by atomic mass is 10.0. The Morgan fingerprint density at radius 1 is 1.39 bits per heavy atom. The number of piperidine rings is 1. The second kappa shape index (κ2) is 6.81. The molecule has 1 aromatic heterocycles. The molecule has 5 heteroatoms. The van der Waals surface area contributed by atoms with E-state index in [0.717, 1.165) is 46.1 Å². The topological polar surface area (TPSA) is 42.4 Å². The molecule has 3 rings (SSSR count). The van der Waals surface area contributed by atoms with E-state index in [1.54, 1.807) is 18.4 Å². The van der Waals surface area contributed by atoms with Gasteiger partial charge in [0.05, 0.1) is 21.7 Å². The van der Waals surface area contributed by atoms with Crippen LogP contribution in [0, 0.1) is 13.8 Å². The Hall–Kier alpha value is -1.72. The van der Waals surface area contributed by atoms with E-state index in [1.165, 1.54) is 0 Å². The number of carbonyl (C=O) groups is 1. The molecule has 2 heterocycles. The maximum Gasteiger partial charge on any atom is 0.253 e. The van der Waals surface area contributed by atoms with Gasteiger partial charge < -0.3 is 9.64 Å². The molecule has 0 aliphatic carbocycles. The standard InChI is InChI=1S/C18H22N2O2S/c1-12-17(23-13(2)19-12)14-6-4-7-15(10-14)18(21)20-9-5-8-16(11-20)22-3/h4,6-7,10,16H,5,8-9,11H2,1-3H3/t16-/m0/s1. The number of aromatic nitrogens is 1.